The Morgan fingerprint density at radius 2 is 1.95 bits per heavy atom. The van der Waals surface area contributed by atoms with E-state index in [0.29, 0.717) is 17.1 Å². The zero-order valence-corrected chi connectivity index (χ0v) is 13.3. The van der Waals surface area contributed by atoms with Crippen molar-refractivity contribution < 1.29 is 0 Å². The molecule has 2 heterocycles. The van der Waals surface area contributed by atoms with Gasteiger partial charge in [-0.05, 0) is 52.3 Å². The SMILES string of the molecule is Cc1cc(N2CCCCC2)nc(NC(=S)NC(C)C)n1. The minimum atomic E-state index is 0.293. The van der Waals surface area contributed by atoms with Gasteiger partial charge in [-0.2, -0.15) is 4.98 Å². The van der Waals surface area contributed by atoms with Crippen LogP contribution in [0, 0.1) is 6.92 Å². The van der Waals surface area contributed by atoms with Gasteiger partial charge in [-0.25, -0.2) is 4.98 Å². The lowest BCUT2D eigenvalue weighted by Gasteiger charge is -2.28. The average Bonchev–Trinajstić information content (AvgIpc) is 2.38. The molecule has 110 valence electrons. The summed E-state index contributed by atoms with van der Waals surface area (Å²) in [7, 11) is 0. The zero-order valence-electron chi connectivity index (χ0n) is 12.4. The molecule has 1 saturated heterocycles. The molecule has 0 spiro atoms. The molecular formula is C14H23N5S. The number of thiocarbonyl (C=S) groups is 1. The molecule has 0 atom stereocenters. The Morgan fingerprint density at radius 1 is 1.25 bits per heavy atom. The molecule has 1 aromatic rings. The molecule has 0 unspecified atom stereocenters. The van der Waals surface area contributed by atoms with Crippen LogP contribution in [0.3, 0.4) is 0 Å². The van der Waals surface area contributed by atoms with Crippen molar-refractivity contribution in [1.82, 2.24) is 15.3 Å². The first kappa shape index (κ1) is 15.0. The number of aromatic nitrogens is 2. The average molecular weight is 293 g/mol. The summed E-state index contributed by atoms with van der Waals surface area (Å²) < 4.78 is 0. The van der Waals surface area contributed by atoms with E-state index in [0.717, 1.165) is 24.6 Å². The molecule has 20 heavy (non-hydrogen) atoms. The molecule has 1 aliphatic heterocycles. The number of nitrogens with zero attached hydrogens (tertiary/aromatic N) is 3. The van der Waals surface area contributed by atoms with Crippen molar-refractivity contribution in [2.24, 2.45) is 0 Å². The van der Waals surface area contributed by atoms with E-state index >= 15 is 0 Å². The first-order valence-corrected chi connectivity index (χ1v) is 7.63. The van der Waals surface area contributed by atoms with Gasteiger partial charge in [-0.15, -0.1) is 0 Å². The predicted octanol–water partition coefficient (Wildman–Crippen LogP) is 2.47. The van der Waals surface area contributed by atoms with Crippen LogP contribution in [0.4, 0.5) is 11.8 Å². The summed E-state index contributed by atoms with van der Waals surface area (Å²) in [5, 5.41) is 6.77. The van der Waals surface area contributed by atoms with Crippen molar-refractivity contribution in [3.05, 3.63) is 11.8 Å². The van der Waals surface area contributed by atoms with Crippen LogP contribution in [-0.4, -0.2) is 34.2 Å². The molecule has 1 aliphatic rings. The van der Waals surface area contributed by atoms with Gasteiger partial charge in [0, 0.05) is 30.9 Å². The highest BCUT2D eigenvalue weighted by atomic mass is 32.1. The summed E-state index contributed by atoms with van der Waals surface area (Å²) in [6.07, 6.45) is 3.78. The molecule has 2 N–H and O–H groups in total. The Kier molecular flexibility index (Phi) is 5.11. The number of nitrogens with one attached hydrogen (secondary N) is 2. The first-order chi connectivity index (χ1) is 9.54. The summed E-state index contributed by atoms with van der Waals surface area (Å²) in [4.78, 5) is 11.3. The standard InChI is InChI=1S/C14H23N5S/c1-10(2)15-14(20)18-13-16-11(3)9-12(17-13)19-7-5-4-6-8-19/h9-10H,4-8H2,1-3H3,(H2,15,16,17,18,20). The molecule has 5 nitrogen and oxygen atoms in total. The topological polar surface area (TPSA) is 53.1 Å². The van der Waals surface area contributed by atoms with Crippen molar-refractivity contribution in [3.63, 3.8) is 0 Å². The van der Waals surface area contributed by atoms with Crippen LogP contribution in [-0.2, 0) is 0 Å². The Labute approximate surface area is 126 Å². The molecule has 1 fully saturated rings. The van der Waals surface area contributed by atoms with Gasteiger partial charge in [-0.1, -0.05) is 0 Å². The van der Waals surface area contributed by atoms with Gasteiger partial charge < -0.3 is 15.5 Å². The van der Waals surface area contributed by atoms with Crippen molar-refractivity contribution in [2.75, 3.05) is 23.3 Å². The van der Waals surface area contributed by atoms with Crippen molar-refractivity contribution in [1.29, 1.82) is 0 Å². The minimum absolute atomic E-state index is 0.293. The molecule has 6 heteroatoms. The van der Waals surface area contributed by atoms with Gasteiger partial charge in [-0.3, -0.25) is 0 Å². The van der Waals surface area contributed by atoms with E-state index in [9.17, 15) is 0 Å². The number of piperidine rings is 1. The van der Waals surface area contributed by atoms with Crippen LogP contribution in [0.5, 0.6) is 0 Å². The smallest absolute Gasteiger partial charge is 0.231 e. The number of rotatable bonds is 3. The van der Waals surface area contributed by atoms with Crippen molar-refractivity contribution in [3.8, 4) is 0 Å². The lowest BCUT2D eigenvalue weighted by molar-refractivity contribution is 0.573. The van der Waals surface area contributed by atoms with Gasteiger partial charge in [0.15, 0.2) is 5.11 Å². The highest BCUT2D eigenvalue weighted by molar-refractivity contribution is 7.80. The molecule has 0 radical (unpaired) electrons. The fourth-order valence-corrected chi connectivity index (χ4v) is 2.62. The summed E-state index contributed by atoms with van der Waals surface area (Å²) in [5.74, 6) is 1.57. The Bertz CT molecular complexity index is 469. The van der Waals surface area contributed by atoms with Gasteiger partial charge in [0.05, 0.1) is 0 Å². The molecule has 0 bridgehead atoms. The number of hydrogen-bond donors (Lipinski definition) is 2. The van der Waals surface area contributed by atoms with E-state index in [2.05, 4.69) is 25.5 Å². The van der Waals surface area contributed by atoms with E-state index in [1.165, 1.54) is 19.3 Å². The van der Waals surface area contributed by atoms with E-state index in [4.69, 9.17) is 12.2 Å². The minimum Gasteiger partial charge on any atom is -0.360 e. The fraction of sp³-hybridized carbons (Fsp3) is 0.643. The van der Waals surface area contributed by atoms with Gasteiger partial charge in [0.1, 0.15) is 5.82 Å². The Hall–Kier alpha value is -1.43. The van der Waals surface area contributed by atoms with Gasteiger partial charge >= 0.3 is 0 Å². The highest BCUT2D eigenvalue weighted by Crippen LogP contribution is 2.19. The normalized spacial score (nSPS) is 15.3. The van der Waals surface area contributed by atoms with E-state index in [-0.39, 0.29) is 0 Å². The van der Waals surface area contributed by atoms with E-state index in [1.54, 1.807) is 0 Å². The summed E-state index contributed by atoms with van der Waals surface area (Å²) in [6.45, 7) is 8.23. The molecule has 2 rings (SSSR count). The van der Waals surface area contributed by atoms with Gasteiger partial charge in [0.2, 0.25) is 5.95 Å². The molecular weight excluding hydrogens is 270 g/mol. The Morgan fingerprint density at radius 3 is 2.60 bits per heavy atom. The molecule has 0 saturated carbocycles. The molecule has 0 aromatic carbocycles. The van der Waals surface area contributed by atoms with Crippen LogP contribution < -0.4 is 15.5 Å². The third-order valence-corrected chi connectivity index (χ3v) is 3.39. The number of hydrogen-bond acceptors (Lipinski definition) is 4. The van der Waals surface area contributed by atoms with Crippen LogP contribution in [0.15, 0.2) is 6.07 Å². The summed E-state index contributed by atoms with van der Waals surface area (Å²) in [5.41, 5.74) is 0.954. The first-order valence-electron chi connectivity index (χ1n) is 7.23. The second-order valence-corrected chi connectivity index (χ2v) is 5.90. The van der Waals surface area contributed by atoms with E-state index < -0.39 is 0 Å². The fourth-order valence-electron chi connectivity index (χ4n) is 2.29. The van der Waals surface area contributed by atoms with Crippen LogP contribution in [0.25, 0.3) is 0 Å². The second kappa shape index (κ2) is 6.83. The van der Waals surface area contributed by atoms with Crippen LogP contribution in [0.2, 0.25) is 0 Å². The van der Waals surface area contributed by atoms with E-state index in [1.807, 2.05) is 26.8 Å². The lowest BCUT2D eigenvalue weighted by atomic mass is 10.1. The third-order valence-electron chi connectivity index (χ3n) is 3.17. The monoisotopic (exact) mass is 293 g/mol. The maximum absolute atomic E-state index is 5.24. The maximum atomic E-state index is 5.24. The van der Waals surface area contributed by atoms with Gasteiger partial charge in [0.25, 0.3) is 0 Å². The Balaban J connectivity index is 2.09. The lowest BCUT2D eigenvalue weighted by Crippen LogP contribution is -2.35. The maximum Gasteiger partial charge on any atom is 0.231 e. The third kappa shape index (κ3) is 4.30. The van der Waals surface area contributed by atoms with Crippen molar-refractivity contribution >= 4 is 29.1 Å². The largest absolute Gasteiger partial charge is 0.360 e. The quantitative estimate of drug-likeness (QED) is 0.835. The molecule has 1 aromatic heterocycles. The van der Waals surface area contributed by atoms with Crippen LogP contribution >= 0.6 is 12.2 Å². The molecule has 0 aliphatic carbocycles. The summed E-state index contributed by atoms with van der Waals surface area (Å²) >= 11 is 5.24. The van der Waals surface area contributed by atoms with Crippen molar-refractivity contribution in [2.45, 2.75) is 46.1 Å². The number of anilines is 2. The number of aryl methyl sites for hydroxylation is 1. The zero-order chi connectivity index (χ0) is 14.5. The second-order valence-electron chi connectivity index (χ2n) is 5.49. The summed E-state index contributed by atoms with van der Waals surface area (Å²) in [6, 6.07) is 2.33. The predicted molar refractivity (Wildman–Crippen MR) is 87.3 cm³/mol. The highest BCUT2D eigenvalue weighted by Gasteiger charge is 2.14. The molecule has 0 amide bonds. The van der Waals surface area contributed by atoms with Crippen LogP contribution in [0.1, 0.15) is 38.8 Å².